The number of hydrogen-bond donors (Lipinski definition) is 0. The molecule has 3 nitrogen and oxygen atoms in total. The first-order valence-corrected chi connectivity index (χ1v) is 10.00. The number of hydrogen-bond acceptors (Lipinski definition) is 4. The van der Waals surface area contributed by atoms with Crippen molar-refractivity contribution < 1.29 is 0 Å². The number of nitrogens with zero attached hydrogens (tertiary/aromatic N) is 3. The molecule has 0 spiro atoms. The number of thioether (sulfide) groups is 1. The second-order valence-corrected chi connectivity index (χ2v) is 7.57. The fraction of sp³-hybridized carbons (Fsp3) is 0.333. The quantitative estimate of drug-likeness (QED) is 0.642. The lowest BCUT2D eigenvalue weighted by Crippen LogP contribution is -2.11. The average molecular weight is 344 g/mol. The highest BCUT2D eigenvalue weighted by molar-refractivity contribution is 7.98. The van der Waals surface area contributed by atoms with Gasteiger partial charge in [-0.2, -0.15) is 11.8 Å². The Labute approximate surface area is 145 Å². The van der Waals surface area contributed by atoms with Gasteiger partial charge in [-0.3, -0.25) is 0 Å². The van der Waals surface area contributed by atoms with Gasteiger partial charge in [-0.05, 0) is 32.3 Å². The third-order valence-electron chi connectivity index (χ3n) is 3.97. The molecule has 1 unspecified atom stereocenters. The molecule has 0 aliphatic carbocycles. The number of benzene rings is 1. The van der Waals surface area contributed by atoms with Crippen LogP contribution in [-0.2, 0) is 6.42 Å². The van der Waals surface area contributed by atoms with Crippen LogP contribution in [0.1, 0.15) is 29.4 Å². The van der Waals surface area contributed by atoms with Crippen LogP contribution < -0.4 is 0 Å². The Hall–Kier alpha value is -1.59. The van der Waals surface area contributed by atoms with Crippen LogP contribution in [0.5, 0.6) is 0 Å². The van der Waals surface area contributed by atoms with Crippen LogP contribution >= 0.6 is 23.1 Å². The van der Waals surface area contributed by atoms with E-state index in [-0.39, 0.29) is 6.04 Å². The summed E-state index contributed by atoms with van der Waals surface area (Å²) in [5.74, 6) is 1.09. The predicted octanol–water partition coefficient (Wildman–Crippen LogP) is 4.83. The SMILES string of the molecule is CSCCc1c(-c2ccccc2)ncn1C(C)c1csc(C)n1. The number of imidazole rings is 1. The van der Waals surface area contributed by atoms with Gasteiger partial charge in [0.2, 0.25) is 0 Å². The fourth-order valence-electron chi connectivity index (χ4n) is 2.72. The lowest BCUT2D eigenvalue weighted by Gasteiger charge is -2.16. The first-order chi connectivity index (χ1) is 11.2. The van der Waals surface area contributed by atoms with Gasteiger partial charge in [-0.1, -0.05) is 30.3 Å². The van der Waals surface area contributed by atoms with E-state index in [1.807, 2.05) is 24.2 Å². The topological polar surface area (TPSA) is 30.7 Å². The normalized spacial score (nSPS) is 12.5. The van der Waals surface area contributed by atoms with Crippen molar-refractivity contribution in [2.75, 3.05) is 12.0 Å². The molecule has 0 radical (unpaired) electrons. The molecular weight excluding hydrogens is 322 g/mol. The van der Waals surface area contributed by atoms with Gasteiger partial charge in [0.05, 0.1) is 28.8 Å². The summed E-state index contributed by atoms with van der Waals surface area (Å²) in [6, 6.07) is 10.7. The predicted molar refractivity (Wildman–Crippen MR) is 100 cm³/mol. The first kappa shape index (κ1) is 16.3. The molecular formula is C18H21N3S2. The summed E-state index contributed by atoms with van der Waals surface area (Å²) in [4.78, 5) is 9.38. The van der Waals surface area contributed by atoms with Crippen LogP contribution in [-0.4, -0.2) is 26.5 Å². The molecule has 3 aromatic rings. The van der Waals surface area contributed by atoms with E-state index in [1.54, 1.807) is 11.3 Å². The zero-order valence-corrected chi connectivity index (χ0v) is 15.3. The molecule has 1 aromatic carbocycles. The van der Waals surface area contributed by atoms with E-state index >= 15 is 0 Å². The Morgan fingerprint density at radius 1 is 1.26 bits per heavy atom. The van der Waals surface area contributed by atoms with Crippen LogP contribution in [0.4, 0.5) is 0 Å². The van der Waals surface area contributed by atoms with Gasteiger partial charge in [-0.15, -0.1) is 11.3 Å². The number of aromatic nitrogens is 3. The molecule has 0 aliphatic rings. The van der Waals surface area contributed by atoms with E-state index < -0.39 is 0 Å². The van der Waals surface area contributed by atoms with Crippen molar-refractivity contribution in [3.05, 3.63) is 58.4 Å². The second-order valence-electron chi connectivity index (χ2n) is 5.52. The van der Waals surface area contributed by atoms with Gasteiger partial charge < -0.3 is 4.57 Å². The fourth-order valence-corrected chi connectivity index (χ4v) is 3.81. The highest BCUT2D eigenvalue weighted by atomic mass is 32.2. The van der Waals surface area contributed by atoms with Crippen molar-refractivity contribution in [3.63, 3.8) is 0 Å². The van der Waals surface area contributed by atoms with Crippen molar-refractivity contribution in [2.24, 2.45) is 0 Å². The van der Waals surface area contributed by atoms with Gasteiger partial charge in [0.25, 0.3) is 0 Å². The summed E-state index contributed by atoms with van der Waals surface area (Å²) >= 11 is 3.57. The summed E-state index contributed by atoms with van der Waals surface area (Å²) in [7, 11) is 0. The minimum Gasteiger partial charge on any atom is -0.325 e. The van der Waals surface area contributed by atoms with Crippen LogP contribution in [0, 0.1) is 6.92 Å². The lowest BCUT2D eigenvalue weighted by atomic mass is 10.1. The maximum Gasteiger partial charge on any atom is 0.0962 e. The van der Waals surface area contributed by atoms with Crippen LogP contribution in [0.15, 0.2) is 42.0 Å². The molecule has 0 saturated heterocycles. The van der Waals surface area contributed by atoms with Crippen molar-refractivity contribution >= 4 is 23.1 Å². The summed E-state index contributed by atoms with van der Waals surface area (Å²) in [6.45, 7) is 4.26. The van der Waals surface area contributed by atoms with Crippen LogP contribution in [0.25, 0.3) is 11.3 Å². The zero-order valence-electron chi connectivity index (χ0n) is 13.7. The monoisotopic (exact) mass is 343 g/mol. The number of thiazole rings is 1. The zero-order chi connectivity index (χ0) is 16.2. The summed E-state index contributed by atoms with van der Waals surface area (Å²) in [5, 5.41) is 3.27. The third kappa shape index (κ3) is 3.51. The molecule has 0 bridgehead atoms. The molecule has 23 heavy (non-hydrogen) atoms. The number of aryl methyl sites for hydroxylation is 1. The van der Waals surface area contributed by atoms with Crippen molar-refractivity contribution in [3.8, 4) is 11.3 Å². The minimum absolute atomic E-state index is 0.210. The van der Waals surface area contributed by atoms with Gasteiger partial charge >= 0.3 is 0 Å². The van der Waals surface area contributed by atoms with E-state index in [4.69, 9.17) is 4.98 Å². The Kier molecular flexibility index (Phi) is 5.18. The molecule has 5 heteroatoms. The van der Waals surface area contributed by atoms with Gasteiger partial charge in [-0.25, -0.2) is 9.97 Å². The van der Waals surface area contributed by atoms with Gasteiger partial charge in [0.1, 0.15) is 0 Å². The molecule has 2 aromatic heterocycles. The van der Waals surface area contributed by atoms with Crippen molar-refractivity contribution in [1.82, 2.24) is 14.5 Å². The minimum atomic E-state index is 0.210. The Bertz CT molecular complexity index is 762. The van der Waals surface area contributed by atoms with Crippen LogP contribution in [0.3, 0.4) is 0 Å². The molecule has 0 aliphatic heterocycles. The molecule has 0 amide bonds. The third-order valence-corrected chi connectivity index (χ3v) is 5.37. The van der Waals surface area contributed by atoms with Crippen molar-refractivity contribution in [2.45, 2.75) is 26.3 Å². The highest BCUT2D eigenvalue weighted by Crippen LogP contribution is 2.28. The van der Waals surface area contributed by atoms with E-state index in [2.05, 4.69) is 59.3 Å². The molecule has 0 N–H and O–H groups in total. The second kappa shape index (κ2) is 7.32. The van der Waals surface area contributed by atoms with Gasteiger partial charge in [0, 0.05) is 16.6 Å². The largest absolute Gasteiger partial charge is 0.325 e. The molecule has 2 heterocycles. The average Bonchev–Trinajstić information content (AvgIpc) is 3.19. The first-order valence-electron chi connectivity index (χ1n) is 7.72. The Morgan fingerprint density at radius 3 is 2.70 bits per heavy atom. The van der Waals surface area contributed by atoms with E-state index in [1.165, 1.54) is 11.3 Å². The van der Waals surface area contributed by atoms with E-state index in [0.29, 0.717) is 0 Å². The summed E-state index contributed by atoms with van der Waals surface area (Å²) in [5.41, 5.74) is 4.70. The Morgan fingerprint density at radius 2 is 2.04 bits per heavy atom. The maximum atomic E-state index is 4.72. The maximum absolute atomic E-state index is 4.72. The van der Waals surface area contributed by atoms with Crippen LogP contribution in [0.2, 0.25) is 0 Å². The molecule has 1 atom stereocenters. The Balaban J connectivity index is 2.01. The summed E-state index contributed by atoms with van der Waals surface area (Å²) in [6.07, 6.45) is 5.13. The van der Waals surface area contributed by atoms with Crippen molar-refractivity contribution in [1.29, 1.82) is 0 Å². The van der Waals surface area contributed by atoms with E-state index in [9.17, 15) is 0 Å². The smallest absolute Gasteiger partial charge is 0.0962 e. The number of rotatable bonds is 6. The summed E-state index contributed by atoms with van der Waals surface area (Å²) < 4.78 is 2.28. The lowest BCUT2D eigenvalue weighted by molar-refractivity contribution is 0.599. The van der Waals surface area contributed by atoms with Gasteiger partial charge in [0.15, 0.2) is 0 Å². The molecule has 120 valence electrons. The molecule has 0 saturated carbocycles. The highest BCUT2D eigenvalue weighted by Gasteiger charge is 2.18. The molecule has 3 rings (SSSR count). The van der Waals surface area contributed by atoms with E-state index in [0.717, 1.165) is 28.6 Å². The standard InChI is InChI=1S/C18H21N3S2/c1-13(16-11-23-14(2)20-16)21-12-19-18(17(21)9-10-22-3)15-7-5-4-6-8-15/h4-8,11-13H,9-10H2,1-3H3. The molecule has 0 fully saturated rings.